The van der Waals surface area contributed by atoms with Crippen LogP contribution in [0.25, 0.3) is 0 Å². The minimum absolute atomic E-state index is 0.185. The Morgan fingerprint density at radius 3 is 2.76 bits per heavy atom. The van der Waals surface area contributed by atoms with Gasteiger partial charge in [-0.2, -0.15) is 0 Å². The predicted molar refractivity (Wildman–Crippen MR) is 77.6 cm³/mol. The smallest absolute Gasteiger partial charge is 0.339 e. The highest BCUT2D eigenvalue weighted by molar-refractivity contribution is 5.89. The zero-order chi connectivity index (χ0) is 15.6. The minimum Gasteiger partial charge on any atom is -0.462 e. The number of hydrogen-bond acceptors (Lipinski definition) is 4. The molecule has 0 bridgehead atoms. The Hall–Kier alpha value is -2.04. The standard InChI is InChI=1S/C16H21NO4/c1-5-20-14(18)11-7-12(17-9-11)6-10(2)13-8-16(3,4)15(19)21-13/h7,9,17H,5-6,8H2,1-4H3/b13-10+. The van der Waals surface area contributed by atoms with Gasteiger partial charge < -0.3 is 14.5 Å². The molecule has 1 aliphatic heterocycles. The van der Waals surface area contributed by atoms with Crippen LogP contribution < -0.4 is 0 Å². The van der Waals surface area contributed by atoms with Crippen LogP contribution in [0, 0.1) is 5.41 Å². The third-order valence-electron chi connectivity index (χ3n) is 3.56. The SMILES string of the molecule is CCOC(=O)c1c[nH]c(C/C(C)=C2\CC(C)(C)C(=O)O2)c1. The monoisotopic (exact) mass is 291 g/mol. The molecule has 1 aliphatic rings. The number of aromatic amines is 1. The Morgan fingerprint density at radius 2 is 2.19 bits per heavy atom. The Morgan fingerprint density at radius 1 is 1.48 bits per heavy atom. The average molecular weight is 291 g/mol. The number of nitrogens with one attached hydrogen (secondary N) is 1. The van der Waals surface area contributed by atoms with Crippen LogP contribution in [-0.4, -0.2) is 23.5 Å². The highest BCUT2D eigenvalue weighted by Crippen LogP contribution is 2.37. The van der Waals surface area contributed by atoms with E-state index in [9.17, 15) is 9.59 Å². The van der Waals surface area contributed by atoms with E-state index in [0.717, 1.165) is 17.0 Å². The summed E-state index contributed by atoms with van der Waals surface area (Å²) in [4.78, 5) is 26.4. The molecule has 1 N–H and O–H groups in total. The summed E-state index contributed by atoms with van der Waals surface area (Å²) in [5.74, 6) is 0.214. The van der Waals surface area contributed by atoms with Gasteiger partial charge in [0.25, 0.3) is 0 Å². The third-order valence-corrected chi connectivity index (χ3v) is 3.56. The van der Waals surface area contributed by atoms with Crippen molar-refractivity contribution in [3.05, 3.63) is 34.9 Å². The van der Waals surface area contributed by atoms with Crippen LogP contribution in [-0.2, 0) is 20.7 Å². The van der Waals surface area contributed by atoms with Gasteiger partial charge in [-0.05, 0) is 39.3 Å². The van der Waals surface area contributed by atoms with E-state index in [4.69, 9.17) is 9.47 Å². The molecule has 0 saturated carbocycles. The van der Waals surface area contributed by atoms with Crippen molar-refractivity contribution < 1.29 is 19.1 Å². The molecule has 5 nitrogen and oxygen atoms in total. The number of rotatable bonds is 4. The molecule has 0 radical (unpaired) electrons. The lowest BCUT2D eigenvalue weighted by Crippen LogP contribution is -2.16. The van der Waals surface area contributed by atoms with Gasteiger partial charge in [0.05, 0.1) is 17.6 Å². The van der Waals surface area contributed by atoms with Crippen molar-refractivity contribution in [1.82, 2.24) is 4.98 Å². The van der Waals surface area contributed by atoms with Crippen molar-refractivity contribution in [2.24, 2.45) is 5.41 Å². The van der Waals surface area contributed by atoms with E-state index < -0.39 is 5.41 Å². The molecule has 0 unspecified atom stereocenters. The van der Waals surface area contributed by atoms with Crippen LogP contribution in [0.5, 0.6) is 0 Å². The number of carbonyl (C=O) groups is 2. The summed E-state index contributed by atoms with van der Waals surface area (Å²) in [7, 11) is 0. The molecule has 0 aromatic carbocycles. The van der Waals surface area contributed by atoms with Crippen molar-refractivity contribution in [1.29, 1.82) is 0 Å². The normalized spacial score (nSPS) is 19.3. The van der Waals surface area contributed by atoms with E-state index in [1.165, 1.54) is 0 Å². The van der Waals surface area contributed by atoms with Crippen LogP contribution in [0.3, 0.4) is 0 Å². The number of aromatic nitrogens is 1. The van der Waals surface area contributed by atoms with Gasteiger partial charge in [0.2, 0.25) is 0 Å². The van der Waals surface area contributed by atoms with Gasteiger partial charge in [-0.15, -0.1) is 0 Å². The molecule has 2 rings (SSSR count). The molecule has 1 aromatic heterocycles. The second kappa shape index (κ2) is 5.76. The fraction of sp³-hybridized carbons (Fsp3) is 0.500. The Balaban J connectivity index is 2.09. The first kappa shape index (κ1) is 15.4. The average Bonchev–Trinajstić information content (AvgIpc) is 2.96. The Labute approximate surface area is 124 Å². The van der Waals surface area contributed by atoms with E-state index in [0.29, 0.717) is 25.0 Å². The zero-order valence-corrected chi connectivity index (χ0v) is 12.9. The maximum Gasteiger partial charge on any atom is 0.339 e. The van der Waals surface area contributed by atoms with Gasteiger partial charge in [-0.25, -0.2) is 4.79 Å². The highest BCUT2D eigenvalue weighted by Gasteiger charge is 2.39. The van der Waals surface area contributed by atoms with Crippen LogP contribution in [0.1, 0.15) is 50.2 Å². The van der Waals surface area contributed by atoms with Gasteiger partial charge in [-0.1, -0.05) is 0 Å². The van der Waals surface area contributed by atoms with Crippen molar-refractivity contribution >= 4 is 11.9 Å². The number of hydrogen-bond donors (Lipinski definition) is 1. The van der Waals surface area contributed by atoms with E-state index in [1.807, 2.05) is 20.8 Å². The second-order valence-corrected chi connectivity index (χ2v) is 5.96. The maximum atomic E-state index is 11.7. The molecule has 1 fully saturated rings. The van der Waals surface area contributed by atoms with Crippen LogP contribution in [0.4, 0.5) is 0 Å². The Kier molecular flexibility index (Phi) is 4.21. The fourth-order valence-corrected chi connectivity index (χ4v) is 2.26. The molecule has 0 spiro atoms. The van der Waals surface area contributed by atoms with Crippen molar-refractivity contribution in [2.75, 3.05) is 6.61 Å². The summed E-state index contributed by atoms with van der Waals surface area (Å²) < 4.78 is 10.3. The van der Waals surface area contributed by atoms with Gasteiger partial charge >= 0.3 is 11.9 Å². The summed E-state index contributed by atoms with van der Waals surface area (Å²) in [5, 5.41) is 0. The molecular weight excluding hydrogens is 270 g/mol. The van der Waals surface area contributed by atoms with Gasteiger partial charge in [0.1, 0.15) is 5.76 Å². The predicted octanol–water partition coefficient (Wildman–Crippen LogP) is 2.98. The largest absolute Gasteiger partial charge is 0.462 e. The molecule has 0 amide bonds. The molecule has 2 heterocycles. The number of carbonyl (C=O) groups excluding carboxylic acids is 2. The van der Waals surface area contributed by atoms with E-state index in [2.05, 4.69) is 4.98 Å². The molecule has 21 heavy (non-hydrogen) atoms. The minimum atomic E-state index is -0.456. The number of ether oxygens (including phenoxy) is 2. The molecule has 5 heteroatoms. The maximum absolute atomic E-state index is 11.7. The summed E-state index contributed by atoms with van der Waals surface area (Å²) in [6.07, 6.45) is 2.86. The molecule has 0 atom stereocenters. The number of cyclic esters (lactones) is 1. The fourth-order valence-electron chi connectivity index (χ4n) is 2.26. The van der Waals surface area contributed by atoms with Crippen molar-refractivity contribution in [2.45, 2.75) is 40.5 Å². The topological polar surface area (TPSA) is 68.4 Å². The number of esters is 2. The first-order valence-corrected chi connectivity index (χ1v) is 7.09. The molecular formula is C16H21NO4. The van der Waals surface area contributed by atoms with Gasteiger partial charge in [0.15, 0.2) is 0 Å². The molecule has 0 aliphatic carbocycles. The van der Waals surface area contributed by atoms with Crippen LogP contribution >= 0.6 is 0 Å². The summed E-state index contributed by atoms with van der Waals surface area (Å²) in [6.45, 7) is 7.82. The third kappa shape index (κ3) is 3.35. The lowest BCUT2D eigenvalue weighted by molar-refractivity contribution is -0.142. The van der Waals surface area contributed by atoms with Crippen LogP contribution in [0.15, 0.2) is 23.6 Å². The van der Waals surface area contributed by atoms with Crippen LogP contribution in [0.2, 0.25) is 0 Å². The first-order chi connectivity index (χ1) is 9.83. The van der Waals surface area contributed by atoms with E-state index >= 15 is 0 Å². The van der Waals surface area contributed by atoms with Gasteiger partial charge in [-0.3, -0.25) is 4.79 Å². The van der Waals surface area contributed by atoms with E-state index in [1.54, 1.807) is 19.2 Å². The quantitative estimate of drug-likeness (QED) is 0.866. The number of H-pyrrole nitrogens is 1. The molecule has 1 aromatic rings. The lowest BCUT2D eigenvalue weighted by Gasteiger charge is -2.08. The Bertz CT molecular complexity index is 595. The lowest BCUT2D eigenvalue weighted by atomic mass is 9.90. The molecule has 1 saturated heterocycles. The number of allylic oxidation sites excluding steroid dienone is 2. The first-order valence-electron chi connectivity index (χ1n) is 7.09. The highest BCUT2D eigenvalue weighted by atomic mass is 16.5. The summed E-state index contributed by atoms with van der Waals surface area (Å²) >= 11 is 0. The summed E-state index contributed by atoms with van der Waals surface area (Å²) in [5.41, 5.74) is 1.94. The van der Waals surface area contributed by atoms with Gasteiger partial charge in [0, 0.05) is 24.7 Å². The zero-order valence-electron chi connectivity index (χ0n) is 12.9. The van der Waals surface area contributed by atoms with Crippen molar-refractivity contribution in [3.63, 3.8) is 0 Å². The van der Waals surface area contributed by atoms with Crippen molar-refractivity contribution in [3.8, 4) is 0 Å². The summed E-state index contributed by atoms with van der Waals surface area (Å²) in [6, 6.07) is 1.77. The van der Waals surface area contributed by atoms with E-state index in [-0.39, 0.29) is 11.9 Å². The molecule has 114 valence electrons. The second-order valence-electron chi connectivity index (χ2n) is 5.96.